The van der Waals surface area contributed by atoms with Crippen LogP contribution in [0, 0.1) is 12.8 Å². The molecule has 0 bridgehead atoms. The van der Waals surface area contributed by atoms with Gasteiger partial charge in [0.1, 0.15) is 5.92 Å². The molecule has 2 fully saturated rings. The Labute approximate surface area is 129 Å². The van der Waals surface area contributed by atoms with Crippen molar-refractivity contribution in [3.63, 3.8) is 0 Å². The van der Waals surface area contributed by atoms with Crippen LogP contribution in [-0.4, -0.2) is 36.3 Å². The Hall–Kier alpha value is -1.55. The van der Waals surface area contributed by atoms with Gasteiger partial charge in [0.25, 0.3) is 0 Å². The summed E-state index contributed by atoms with van der Waals surface area (Å²) in [6.45, 7) is 4.07. The molecule has 0 spiro atoms. The molecule has 0 aromatic heterocycles. The zero-order chi connectivity index (χ0) is 15.0. The summed E-state index contributed by atoms with van der Waals surface area (Å²) in [6, 6.07) is 5.54. The van der Waals surface area contributed by atoms with Crippen LogP contribution in [0.25, 0.3) is 0 Å². The van der Waals surface area contributed by atoms with Crippen molar-refractivity contribution in [2.24, 2.45) is 5.92 Å². The lowest BCUT2D eigenvalue weighted by Crippen LogP contribution is -2.38. The Kier molecular flexibility index (Phi) is 3.89. The lowest BCUT2D eigenvalue weighted by Gasteiger charge is -2.21. The quantitative estimate of drug-likeness (QED) is 0.788. The molecule has 0 N–H and O–H groups in total. The standard InChI is InChI=1S/C16H19ClN2O2/c1-11-13(17)5-4-6-14(11)19-10-7-12(16(19)21)15(20)18-8-2-3-9-18/h4-6,12H,2-3,7-10H2,1H3. The van der Waals surface area contributed by atoms with Crippen LogP contribution in [0.3, 0.4) is 0 Å². The van der Waals surface area contributed by atoms with Gasteiger partial charge in [-0.2, -0.15) is 0 Å². The molecule has 4 nitrogen and oxygen atoms in total. The summed E-state index contributed by atoms with van der Waals surface area (Å²) in [5.74, 6) is -0.599. The molecule has 3 rings (SSSR count). The second kappa shape index (κ2) is 5.68. The van der Waals surface area contributed by atoms with Gasteiger partial charge in [-0.1, -0.05) is 17.7 Å². The minimum absolute atomic E-state index is 0.000295. The lowest BCUT2D eigenvalue weighted by atomic mass is 10.1. The zero-order valence-electron chi connectivity index (χ0n) is 12.1. The van der Waals surface area contributed by atoms with Gasteiger partial charge >= 0.3 is 0 Å². The van der Waals surface area contributed by atoms with Gasteiger partial charge in [-0.05, 0) is 43.9 Å². The molecule has 1 aromatic carbocycles. The van der Waals surface area contributed by atoms with Crippen molar-refractivity contribution in [1.82, 2.24) is 4.90 Å². The van der Waals surface area contributed by atoms with Gasteiger partial charge in [0, 0.05) is 30.3 Å². The summed E-state index contributed by atoms with van der Waals surface area (Å²) in [7, 11) is 0. The molecular formula is C16H19ClN2O2. The lowest BCUT2D eigenvalue weighted by molar-refractivity contribution is -0.139. The normalized spacial score (nSPS) is 22.2. The summed E-state index contributed by atoms with van der Waals surface area (Å²) in [4.78, 5) is 28.6. The highest BCUT2D eigenvalue weighted by Crippen LogP contribution is 2.32. The first-order valence-electron chi connectivity index (χ1n) is 7.45. The first-order valence-corrected chi connectivity index (χ1v) is 7.82. The molecule has 21 heavy (non-hydrogen) atoms. The molecule has 112 valence electrons. The van der Waals surface area contributed by atoms with Crippen molar-refractivity contribution in [1.29, 1.82) is 0 Å². The third kappa shape index (κ3) is 2.53. The minimum atomic E-state index is -0.513. The molecular weight excluding hydrogens is 288 g/mol. The number of benzene rings is 1. The van der Waals surface area contributed by atoms with Crippen LogP contribution in [0.5, 0.6) is 0 Å². The molecule has 2 saturated heterocycles. The summed E-state index contributed by atoms with van der Waals surface area (Å²) in [6.07, 6.45) is 2.69. The smallest absolute Gasteiger partial charge is 0.239 e. The van der Waals surface area contributed by atoms with Crippen molar-refractivity contribution in [3.8, 4) is 0 Å². The van der Waals surface area contributed by atoms with E-state index in [2.05, 4.69) is 0 Å². The molecule has 1 aromatic rings. The third-order valence-electron chi connectivity index (χ3n) is 4.45. The molecule has 2 amide bonds. The summed E-state index contributed by atoms with van der Waals surface area (Å²) in [5, 5.41) is 0.648. The molecule has 1 unspecified atom stereocenters. The number of amides is 2. The fourth-order valence-electron chi connectivity index (χ4n) is 3.19. The first kappa shape index (κ1) is 14.4. The van der Waals surface area contributed by atoms with Crippen LogP contribution in [0.2, 0.25) is 5.02 Å². The van der Waals surface area contributed by atoms with Gasteiger partial charge in [0.2, 0.25) is 11.8 Å². The van der Waals surface area contributed by atoms with Gasteiger partial charge in [-0.25, -0.2) is 0 Å². The predicted molar refractivity (Wildman–Crippen MR) is 82.5 cm³/mol. The van der Waals surface area contributed by atoms with E-state index in [0.29, 0.717) is 18.0 Å². The summed E-state index contributed by atoms with van der Waals surface area (Å²) in [5.41, 5.74) is 1.71. The predicted octanol–water partition coefficient (Wildman–Crippen LogP) is 2.62. The number of likely N-dealkylation sites (tertiary alicyclic amines) is 1. The number of hydrogen-bond donors (Lipinski definition) is 0. The SMILES string of the molecule is Cc1c(Cl)cccc1N1CCC(C(=O)N2CCCC2)C1=O. The van der Waals surface area contributed by atoms with Crippen molar-refractivity contribution < 1.29 is 9.59 Å². The van der Waals surface area contributed by atoms with Crippen LogP contribution in [-0.2, 0) is 9.59 Å². The molecule has 2 aliphatic heterocycles. The van der Waals surface area contributed by atoms with E-state index in [1.807, 2.05) is 30.0 Å². The van der Waals surface area contributed by atoms with Gasteiger partial charge < -0.3 is 9.80 Å². The Morgan fingerprint density at radius 2 is 1.95 bits per heavy atom. The van der Waals surface area contributed by atoms with E-state index < -0.39 is 5.92 Å². The van der Waals surface area contributed by atoms with E-state index in [1.165, 1.54) is 0 Å². The monoisotopic (exact) mass is 306 g/mol. The number of carbonyl (C=O) groups is 2. The van der Waals surface area contributed by atoms with Gasteiger partial charge in [-0.3, -0.25) is 9.59 Å². The number of rotatable bonds is 2. The van der Waals surface area contributed by atoms with Crippen LogP contribution in [0.1, 0.15) is 24.8 Å². The number of halogens is 1. The van der Waals surface area contributed by atoms with E-state index in [1.54, 1.807) is 4.90 Å². The second-order valence-corrected chi connectivity index (χ2v) is 6.15. The highest BCUT2D eigenvalue weighted by molar-refractivity contribution is 6.31. The van der Waals surface area contributed by atoms with E-state index in [0.717, 1.165) is 37.2 Å². The van der Waals surface area contributed by atoms with Crippen molar-refractivity contribution in [2.45, 2.75) is 26.2 Å². The van der Waals surface area contributed by atoms with Gasteiger partial charge in [0.15, 0.2) is 0 Å². The number of anilines is 1. The largest absolute Gasteiger partial charge is 0.342 e. The number of carbonyl (C=O) groups excluding carboxylic acids is 2. The second-order valence-electron chi connectivity index (χ2n) is 5.75. The van der Waals surface area contributed by atoms with E-state index in [-0.39, 0.29) is 11.8 Å². The Balaban J connectivity index is 1.80. The molecule has 2 aliphatic rings. The Bertz CT molecular complexity index is 582. The average molecular weight is 307 g/mol. The van der Waals surface area contributed by atoms with E-state index in [9.17, 15) is 9.59 Å². The zero-order valence-corrected chi connectivity index (χ0v) is 12.9. The van der Waals surface area contributed by atoms with Crippen molar-refractivity contribution in [3.05, 3.63) is 28.8 Å². The van der Waals surface area contributed by atoms with Gasteiger partial charge in [-0.15, -0.1) is 0 Å². The van der Waals surface area contributed by atoms with Crippen molar-refractivity contribution >= 4 is 29.1 Å². The maximum absolute atomic E-state index is 12.6. The molecule has 1 atom stereocenters. The highest BCUT2D eigenvalue weighted by Gasteiger charge is 2.40. The molecule has 0 aliphatic carbocycles. The van der Waals surface area contributed by atoms with Crippen molar-refractivity contribution in [2.75, 3.05) is 24.5 Å². The summed E-state index contributed by atoms with van der Waals surface area (Å²) >= 11 is 6.13. The number of nitrogens with zero attached hydrogens (tertiary/aromatic N) is 2. The Morgan fingerprint density at radius 1 is 1.24 bits per heavy atom. The highest BCUT2D eigenvalue weighted by atomic mass is 35.5. The average Bonchev–Trinajstić information content (AvgIpc) is 3.11. The summed E-state index contributed by atoms with van der Waals surface area (Å²) < 4.78 is 0. The van der Waals surface area contributed by atoms with E-state index >= 15 is 0 Å². The van der Waals surface area contributed by atoms with E-state index in [4.69, 9.17) is 11.6 Å². The van der Waals surface area contributed by atoms with Crippen LogP contribution < -0.4 is 4.90 Å². The number of hydrogen-bond acceptors (Lipinski definition) is 2. The Morgan fingerprint density at radius 3 is 2.67 bits per heavy atom. The van der Waals surface area contributed by atoms with Crippen LogP contribution in [0.4, 0.5) is 5.69 Å². The van der Waals surface area contributed by atoms with Crippen LogP contribution in [0.15, 0.2) is 18.2 Å². The fraction of sp³-hybridized carbons (Fsp3) is 0.500. The topological polar surface area (TPSA) is 40.6 Å². The minimum Gasteiger partial charge on any atom is -0.342 e. The third-order valence-corrected chi connectivity index (χ3v) is 4.86. The molecule has 2 heterocycles. The first-order chi connectivity index (χ1) is 10.1. The maximum atomic E-state index is 12.6. The molecule has 5 heteroatoms. The maximum Gasteiger partial charge on any atom is 0.239 e. The molecule has 0 saturated carbocycles. The fourth-order valence-corrected chi connectivity index (χ4v) is 3.36. The molecule has 0 radical (unpaired) electrons. The van der Waals surface area contributed by atoms with Crippen LogP contribution >= 0.6 is 11.6 Å². The van der Waals surface area contributed by atoms with Gasteiger partial charge in [0.05, 0.1) is 0 Å².